The number of anilines is 1. The highest BCUT2D eigenvalue weighted by atomic mass is 35.5. The molecular formula is C17H17Cl2NO2. The quantitative estimate of drug-likeness (QED) is 0.744. The summed E-state index contributed by atoms with van der Waals surface area (Å²) in [5.41, 5.74) is 1.71. The third kappa shape index (κ3) is 4.93. The minimum absolute atomic E-state index is 0.114. The van der Waals surface area contributed by atoms with Gasteiger partial charge in [-0.25, -0.2) is 0 Å². The summed E-state index contributed by atoms with van der Waals surface area (Å²) in [4.78, 5) is 11.9. The molecule has 0 aliphatic rings. The van der Waals surface area contributed by atoms with Crippen molar-refractivity contribution in [1.82, 2.24) is 0 Å². The minimum atomic E-state index is -0.114. The number of carbonyl (C=O) groups is 1. The van der Waals surface area contributed by atoms with Gasteiger partial charge in [0.15, 0.2) is 0 Å². The van der Waals surface area contributed by atoms with Gasteiger partial charge in [0, 0.05) is 6.42 Å². The zero-order valence-electron chi connectivity index (χ0n) is 12.2. The number of hydrogen-bond acceptors (Lipinski definition) is 2. The molecule has 0 fully saturated rings. The molecule has 22 heavy (non-hydrogen) atoms. The highest BCUT2D eigenvalue weighted by Gasteiger charge is 2.08. The van der Waals surface area contributed by atoms with E-state index in [9.17, 15) is 4.79 Å². The second-order valence-electron chi connectivity index (χ2n) is 4.91. The summed E-state index contributed by atoms with van der Waals surface area (Å²) >= 11 is 11.9. The molecule has 0 atom stereocenters. The van der Waals surface area contributed by atoms with Crippen molar-refractivity contribution in [2.75, 3.05) is 11.9 Å². The maximum Gasteiger partial charge on any atom is 0.224 e. The third-order valence-electron chi connectivity index (χ3n) is 3.06. The van der Waals surface area contributed by atoms with Gasteiger partial charge in [0.25, 0.3) is 0 Å². The summed E-state index contributed by atoms with van der Waals surface area (Å²) in [5, 5.41) is 3.52. The molecule has 0 spiro atoms. The standard InChI is InChI=1S/C17H17Cl2NO2/c1-12-7-9-13(10-8-12)22-11-3-6-16(21)20-15-5-2-4-14(18)17(15)19/h2,4-5,7-10H,3,6,11H2,1H3,(H,20,21). The number of benzene rings is 2. The molecule has 116 valence electrons. The Kier molecular flexibility index (Phi) is 6.10. The molecule has 0 aliphatic carbocycles. The molecule has 3 nitrogen and oxygen atoms in total. The maximum atomic E-state index is 11.9. The highest BCUT2D eigenvalue weighted by molar-refractivity contribution is 6.43. The molecule has 0 radical (unpaired) electrons. The van der Waals surface area contributed by atoms with Gasteiger partial charge in [0.05, 0.1) is 22.3 Å². The second-order valence-corrected chi connectivity index (χ2v) is 5.70. The fourth-order valence-corrected chi connectivity index (χ4v) is 2.22. The fraction of sp³-hybridized carbons (Fsp3) is 0.235. The zero-order valence-corrected chi connectivity index (χ0v) is 13.7. The van der Waals surface area contributed by atoms with Gasteiger partial charge in [-0.3, -0.25) is 4.79 Å². The largest absolute Gasteiger partial charge is 0.494 e. The van der Waals surface area contributed by atoms with Gasteiger partial charge in [0.1, 0.15) is 5.75 Å². The second kappa shape index (κ2) is 8.06. The number of aryl methyl sites for hydroxylation is 1. The number of ether oxygens (including phenoxy) is 1. The van der Waals surface area contributed by atoms with Crippen molar-refractivity contribution in [3.63, 3.8) is 0 Å². The topological polar surface area (TPSA) is 38.3 Å². The van der Waals surface area contributed by atoms with E-state index in [1.54, 1.807) is 18.2 Å². The van der Waals surface area contributed by atoms with Crippen molar-refractivity contribution in [3.8, 4) is 5.75 Å². The molecule has 1 N–H and O–H groups in total. The normalized spacial score (nSPS) is 10.3. The molecule has 2 aromatic carbocycles. The van der Waals surface area contributed by atoms with E-state index in [0.29, 0.717) is 35.2 Å². The van der Waals surface area contributed by atoms with E-state index in [1.807, 2.05) is 31.2 Å². The number of hydrogen-bond donors (Lipinski definition) is 1. The van der Waals surface area contributed by atoms with Crippen LogP contribution in [-0.4, -0.2) is 12.5 Å². The van der Waals surface area contributed by atoms with E-state index in [2.05, 4.69) is 5.32 Å². The maximum absolute atomic E-state index is 11.9. The van der Waals surface area contributed by atoms with Crippen molar-refractivity contribution in [3.05, 3.63) is 58.1 Å². The first-order valence-corrected chi connectivity index (χ1v) is 7.75. The Labute approximate surface area is 140 Å². The monoisotopic (exact) mass is 337 g/mol. The number of halogens is 2. The number of amides is 1. The van der Waals surface area contributed by atoms with Gasteiger partial charge >= 0.3 is 0 Å². The number of rotatable bonds is 6. The Bertz CT molecular complexity index is 642. The summed E-state index contributed by atoms with van der Waals surface area (Å²) < 4.78 is 5.58. The molecule has 1 amide bonds. The van der Waals surface area contributed by atoms with Crippen LogP contribution in [0.3, 0.4) is 0 Å². The molecule has 0 bridgehead atoms. The Morgan fingerprint density at radius 3 is 2.59 bits per heavy atom. The lowest BCUT2D eigenvalue weighted by Crippen LogP contribution is -2.13. The van der Waals surface area contributed by atoms with Crippen LogP contribution < -0.4 is 10.1 Å². The Morgan fingerprint density at radius 1 is 1.14 bits per heavy atom. The number of carbonyl (C=O) groups excluding carboxylic acids is 1. The average molecular weight is 338 g/mol. The van der Waals surface area contributed by atoms with Gasteiger partial charge in [-0.15, -0.1) is 0 Å². The summed E-state index contributed by atoms with van der Waals surface area (Å²) in [6.45, 7) is 2.51. The summed E-state index contributed by atoms with van der Waals surface area (Å²) in [5.74, 6) is 0.695. The van der Waals surface area contributed by atoms with Crippen LogP contribution in [0.2, 0.25) is 10.0 Å². The van der Waals surface area contributed by atoms with Crippen LogP contribution in [-0.2, 0) is 4.79 Å². The lowest BCUT2D eigenvalue weighted by molar-refractivity contribution is -0.116. The minimum Gasteiger partial charge on any atom is -0.494 e. The third-order valence-corrected chi connectivity index (χ3v) is 3.88. The van der Waals surface area contributed by atoms with Crippen LogP contribution in [0.25, 0.3) is 0 Å². The predicted molar refractivity (Wildman–Crippen MR) is 91.0 cm³/mol. The van der Waals surface area contributed by atoms with Gasteiger partial charge in [0.2, 0.25) is 5.91 Å². The van der Waals surface area contributed by atoms with Gasteiger partial charge in [-0.1, -0.05) is 47.0 Å². The first-order chi connectivity index (χ1) is 10.6. The van der Waals surface area contributed by atoms with Crippen molar-refractivity contribution in [1.29, 1.82) is 0 Å². The first kappa shape index (κ1) is 16.7. The van der Waals surface area contributed by atoms with Crippen LogP contribution in [0.5, 0.6) is 5.75 Å². The zero-order chi connectivity index (χ0) is 15.9. The van der Waals surface area contributed by atoms with Crippen LogP contribution in [0.4, 0.5) is 5.69 Å². The van der Waals surface area contributed by atoms with Gasteiger partial charge < -0.3 is 10.1 Å². The Hall–Kier alpha value is -1.71. The SMILES string of the molecule is Cc1ccc(OCCCC(=O)Nc2cccc(Cl)c2Cl)cc1. The molecule has 0 aliphatic heterocycles. The van der Waals surface area contributed by atoms with Crippen molar-refractivity contribution >= 4 is 34.8 Å². The van der Waals surface area contributed by atoms with Crippen LogP contribution in [0.15, 0.2) is 42.5 Å². The van der Waals surface area contributed by atoms with E-state index >= 15 is 0 Å². The van der Waals surface area contributed by atoms with E-state index in [1.165, 1.54) is 5.56 Å². The molecule has 2 rings (SSSR count). The van der Waals surface area contributed by atoms with Crippen molar-refractivity contribution < 1.29 is 9.53 Å². The van der Waals surface area contributed by atoms with Crippen LogP contribution in [0, 0.1) is 6.92 Å². The van der Waals surface area contributed by atoms with E-state index in [-0.39, 0.29) is 5.91 Å². The van der Waals surface area contributed by atoms with E-state index in [4.69, 9.17) is 27.9 Å². The smallest absolute Gasteiger partial charge is 0.224 e. The lowest BCUT2D eigenvalue weighted by atomic mass is 10.2. The molecule has 5 heteroatoms. The summed E-state index contributed by atoms with van der Waals surface area (Å²) in [6, 6.07) is 12.9. The Balaban J connectivity index is 1.74. The van der Waals surface area contributed by atoms with Crippen molar-refractivity contribution in [2.24, 2.45) is 0 Å². The van der Waals surface area contributed by atoms with E-state index in [0.717, 1.165) is 5.75 Å². The van der Waals surface area contributed by atoms with Gasteiger partial charge in [-0.05, 0) is 37.6 Å². The predicted octanol–water partition coefficient (Wildman–Crippen LogP) is 5.10. The van der Waals surface area contributed by atoms with Gasteiger partial charge in [-0.2, -0.15) is 0 Å². The molecule has 0 unspecified atom stereocenters. The molecule has 0 heterocycles. The molecule has 0 saturated heterocycles. The molecule has 0 saturated carbocycles. The highest BCUT2D eigenvalue weighted by Crippen LogP contribution is 2.29. The first-order valence-electron chi connectivity index (χ1n) is 6.99. The number of nitrogens with one attached hydrogen (secondary N) is 1. The van der Waals surface area contributed by atoms with E-state index < -0.39 is 0 Å². The van der Waals surface area contributed by atoms with Crippen LogP contribution >= 0.6 is 23.2 Å². The average Bonchev–Trinajstić information content (AvgIpc) is 2.50. The molecular weight excluding hydrogens is 321 g/mol. The summed E-state index contributed by atoms with van der Waals surface area (Å²) in [6.07, 6.45) is 0.979. The fourth-order valence-electron chi connectivity index (χ4n) is 1.87. The molecule has 2 aromatic rings. The summed E-state index contributed by atoms with van der Waals surface area (Å²) in [7, 11) is 0. The van der Waals surface area contributed by atoms with Crippen molar-refractivity contribution in [2.45, 2.75) is 19.8 Å². The Morgan fingerprint density at radius 2 is 1.86 bits per heavy atom. The lowest BCUT2D eigenvalue weighted by Gasteiger charge is -2.09. The van der Waals surface area contributed by atoms with Crippen LogP contribution in [0.1, 0.15) is 18.4 Å². The molecule has 0 aromatic heterocycles.